The monoisotopic (exact) mass is 129 g/mol. The number of hydrogen-bond acceptors (Lipinski definition) is 1. The van der Waals surface area contributed by atoms with Crippen molar-refractivity contribution in [3.63, 3.8) is 0 Å². The maximum Gasteiger partial charge on any atom is 0.0295 e. The molecule has 0 radical (unpaired) electrons. The summed E-state index contributed by atoms with van der Waals surface area (Å²) >= 11 is 0. The molecule has 1 nitrogen and oxygen atoms in total. The van der Waals surface area contributed by atoms with E-state index in [0.29, 0.717) is 18.5 Å². The van der Waals surface area contributed by atoms with Crippen LogP contribution in [0.4, 0.5) is 4.48 Å². The van der Waals surface area contributed by atoms with Crippen LogP contribution in [-0.2, 0) is 0 Å². The molecule has 0 atom stereocenters. The fraction of sp³-hybridized carbons (Fsp3) is 1.00. The van der Waals surface area contributed by atoms with Gasteiger partial charge in [0.15, 0.2) is 0 Å². The molecule has 0 unspecified atom stereocenters. The molecule has 1 saturated carbocycles. The summed E-state index contributed by atoms with van der Waals surface area (Å²) in [5, 5.41) is 0.948. The third-order valence-corrected chi connectivity index (χ3v) is 2.73. The molecule has 2 rings (SSSR count). The van der Waals surface area contributed by atoms with Crippen LogP contribution in [0.3, 0.4) is 0 Å². The molecule has 0 N–H and O–H groups in total. The molecule has 0 aromatic carbocycles. The van der Waals surface area contributed by atoms with E-state index >= 15 is 0 Å². The highest BCUT2D eigenvalue weighted by molar-refractivity contribution is 4.95. The van der Waals surface area contributed by atoms with E-state index in [1.807, 2.05) is 0 Å². The van der Waals surface area contributed by atoms with Gasteiger partial charge < -0.3 is 0 Å². The first-order valence-electron chi connectivity index (χ1n) is 3.72. The Labute approximate surface area is 54.8 Å². The minimum atomic E-state index is 0.628. The summed E-state index contributed by atoms with van der Waals surface area (Å²) in [5.74, 6) is 0. The van der Waals surface area contributed by atoms with Crippen LogP contribution in [-0.4, -0.2) is 18.2 Å². The van der Waals surface area contributed by atoms with E-state index in [1.54, 1.807) is 0 Å². The van der Waals surface area contributed by atoms with Crippen molar-refractivity contribution < 1.29 is 4.48 Å². The van der Waals surface area contributed by atoms with Crippen LogP contribution in [0.2, 0.25) is 0 Å². The van der Waals surface area contributed by atoms with Gasteiger partial charge >= 0.3 is 0 Å². The van der Waals surface area contributed by atoms with Gasteiger partial charge in [0.1, 0.15) is 0 Å². The Bertz CT molecular complexity index is 110. The van der Waals surface area contributed by atoms with Crippen molar-refractivity contribution in [2.24, 2.45) is 5.41 Å². The zero-order valence-electron chi connectivity index (χ0n) is 5.57. The minimum Gasteiger partial charge on any atom is -0.146 e. The van der Waals surface area contributed by atoms with Gasteiger partial charge in [-0.1, -0.05) is 0 Å². The molecule has 1 spiro atoms. The highest BCUT2D eigenvalue weighted by Crippen LogP contribution is 2.53. The van der Waals surface area contributed by atoms with Crippen LogP contribution in [0.15, 0.2) is 0 Å². The zero-order valence-corrected chi connectivity index (χ0v) is 5.57. The number of piperidine rings is 1. The second-order valence-corrected chi connectivity index (χ2v) is 3.41. The largest absolute Gasteiger partial charge is 0.146 e. The molecule has 52 valence electrons. The SMILES string of the molecule is FN1CCC2(CC1)CC2. The number of nitrogens with zero attached hydrogens (tertiary/aromatic N) is 1. The summed E-state index contributed by atoms with van der Waals surface area (Å²) in [5.41, 5.74) is 0.628. The number of hydrogen-bond donors (Lipinski definition) is 0. The van der Waals surface area contributed by atoms with Crippen molar-refractivity contribution in [2.75, 3.05) is 13.1 Å². The molecule has 0 bridgehead atoms. The van der Waals surface area contributed by atoms with Gasteiger partial charge in [0.2, 0.25) is 0 Å². The van der Waals surface area contributed by atoms with Gasteiger partial charge in [-0.15, -0.1) is 9.60 Å². The molecule has 2 heteroatoms. The Hall–Kier alpha value is -0.110. The van der Waals surface area contributed by atoms with E-state index in [-0.39, 0.29) is 0 Å². The molecule has 1 saturated heterocycles. The van der Waals surface area contributed by atoms with E-state index in [0.717, 1.165) is 18.0 Å². The fourth-order valence-electron chi connectivity index (χ4n) is 1.63. The van der Waals surface area contributed by atoms with Crippen molar-refractivity contribution in [3.05, 3.63) is 0 Å². The van der Waals surface area contributed by atoms with Crippen molar-refractivity contribution in [1.82, 2.24) is 5.12 Å². The molecule has 0 amide bonds. The van der Waals surface area contributed by atoms with Crippen LogP contribution in [0, 0.1) is 5.41 Å². The summed E-state index contributed by atoms with van der Waals surface area (Å²) < 4.78 is 12.4. The normalized spacial score (nSPS) is 33.0. The third kappa shape index (κ3) is 0.960. The van der Waals surface area contributed by atoms with Crippen molar-refractivity contribution in [1.29, 1.82) is 0 Å². The van der Waals surface area contributed by atoms with Gasteiger partial charge in [-0.2, -0.15) is 0 Å². The van der Waals surface area contributed by atoms with Crippen LogP contribution < -0.4 is 0 Å². The Morgan fingerprint density at radius 1 is 1.00 bits per heavy atom. The van der Waals surface area contributed by atoms with E-state index in [4.69, 9.17) is 0 Å². The zero-order chi connectivity index (χ0) is 6.32. The van der Waals surface area contributed by atoms with Crippen molar-refractivity contribution in [3.8, 4) is 0 Å². The summed E-state index contributed by atoms with van der Waals surface area (Å²) in [4.78, 5) is 0. The van der Waals surface area contributed by atoms with Gasteiger partial charge in [-0.25, -0.2) is 0 Å². The topological polar surface area (TPSA) is 3.24 Å². The standard InChI is InChI=1S/C7H12FN/c8-9-5-3-7(1-2-7)4-6-9/h1-6H2. The second kappa shape index (κ2) is 1.69. The quantitative estimate of drug-likeness (QED) is 0.450. The summed E-state index contributed by atoms with van der Waals surface area (Å²) in [6.07, 6.45) is 4.93. The van der Waals surface area contributed by atoms with Gasteiger partial charge in [0.25, 0.3) is 0 Å². The Kier molecular flexibility index (Phi) is 1.06. The van der Waals surface area contributed by atoms with Crippen molar-refractivity contribution in [2.45, 2.75) is 25.7 Å². The van der Waals surface area contributed by atoms with Gasteiger partial charge in [-0.05, 0) is 31.1 Å². The van der Waals surface area contributed by atoms with E-state index < -0.39 is 0 Å². The summed E-state index contributed by atoms with van der Waals surface area (Å²) in [6, 6.07) is 0. The van der Waals surface area contributed by atoms with E-state index in [9.17, 15) is 4.48 Å². The van der Waals surface area contributed by atoms with E-state index in [2.05, 4.69) is 0 Å². The Morgan fingerprint density at radius 2 is 1.56 bits per heavy atom. The molecular weight excluding hydrogens is 117 g/mol. The minimum absolute atomic E-state index is 0.628. The molecule has 1 heterocycles. The van der Waals surface area contributed by atoms with Crippen LogP contribution in [0.5, 0.6) is 0 Å². The highest BCUT2D eigenvalue weighted by Gasteiger charge is 2.44. The highest BCUT2D eigenvalue weighted by atomic mass is 19.2. The van der Waals surface area contributed by atoms with E-state index in [1.165, 1.54) is 12.8 Å². The summed E-state index contributed by atoms with van der Waals surface area (Å²) in [7, 11) is 0. The molecule has 9 heavy (non-hydrogen) atoms. The predicted octanol–water partition coefficient (Wildman–Crippen LogP) is 1.75. The molecule has 1 aliphatic carbocycles. The number of rotatable bonds is 0. The van der Waals surface area contributed by atoms with Crippen LogP contribution in [0.1, 0.15) is 25.7 Å². The molecule has 0 aromatic rings. The van der Waals surface area contributed by atoms with Gasteiger partial charge in [-0.3, -0.25) is 0 Å². The predicted molar refractivity (Wildman–Crippen MR) is 33.6 cm³/mol. The molecule has 2 aliphatic rings. The Balaban J connectivity index is 1.91. The first-order chi connectivity index (χ1) is 4.31. The third-order valence-electron chi connectivity index (χ3n) is 2.73. The lowest BCUT2D eigenvalue weighted by molar-refractivity contribution is -0.0133. The summed E-state index contributed by atoms with van der Waals surface area (Å²) in [6.45, 7) is 1.36. The van der Waals surface area contributed by atoms with Gasteiger partial charge in [0.05, 0.1) is 0 Å². The maximum absolute atomic E-state index is 12.4. The number of halogens is 1. The van der Waals surface area contributed by atoms with Crippen LogP contribution >= 0.6 is 0 Å². The molecule has 1 aliphatic heterocycles. The maximum atomic E-state index is 12.4. The first kappa shape index (κ1) is 5.66. The van der Waals surface area contributed by atoms with Crippen molar-refractivity contribution >= 4 is 0 Å². The average molecular weight is 129 g/mol. The Morgan fingerprint density at radius 3 is 2.00 bits per heavy atom. The molecule has 2 fully saturated rings. The smallest absolute Gasteiger partial charge is 0.0295 e. The fourth-order valence-corrected chi connectivity index (χ4v) is 1.63. The van der Waals surface area contributed by atoms with Gasteiger partial charge in [0, 0.05) is 13.1 Å². The molecular formula is C7H12FN. The first-order valence-corrected chi connectivity index (χ1v) is 3.72. The average Bonchev–Trinajstić information content (AvgIpc) is 2.60. The lowest BCUT2D eigenvalue weighted by Crippen LogP contribution is -2.27. The lowest BCUT2D eigenvalue weighted by atomic mass is 9.95. The second-order valence-electron chi connectivity index (χ2n) is 3.41. The molecule has 0 aromatic heterocycles. The van der Waals surface area contributed by atoms with Crippen LogP contribution in [0.25, 0.3) is 0 Å². The lowest BCUT2D eigenvalue weighted by Gasteiger charge is -2.24.